The number of rotatable bonds is 8. The lowest BCUT2D eigenvalue weighted by atomic mass is 10.0. The number of hydrogen-bond donors (Lipinski definition) is 3. The summed E-state index contributed by atoms with van der Waals surface area (Å²) >= 11 is 0. The number of amides is 2. The van der Waals surface area contributed by atoms with Crippen LogP contribution in [0, 0.1) is 0 Å². The molecule has 4 aromatic rings. The minimum absolute atomic E-state index is 0.0248. The maximum absolute atomic E-state index is 13.2. The zero-order valence-electron chi connectivity index (χ0n) is 25.9. The van der Waals surface area contributed by atoms with Crippen molar-refractivity contribution in [1.29, 1.82) is 0 Å². The number of methoxy groups -OCH3 is 1. The highest BCUT2D eigenvalue weighted by molar-refractivity contribution is 6.03. The molecule has 8 nitrogen and oxygen atoms in total. The molecule has 11 heteroatoms. The van der Waals surface area contributed by atoms with Crippen LogP contribution >= 0.6 is 0 Å². The fraction of sp³-hybridized carbons (Fsp3) is 0.206. The summed E-state index contributed by atoms with van der Waals surface area (Å²) in [4.78, 5) is 24.7. The Morgan fingerprint density at radius 2 is 1.69 bits per heavy atom. The SMILES string of the molecule is C=C(C)/C=C\C.CC.COc1ccccc1C(=O)NCc1ccc(-c2nn(-c3cccc(C(F)(F)F)c3)c(N)c2C(N)=O)cc1. The monoisotopic (exact) mass is 621 g/mol. The minimum atomic E-state index is -4.57. The van der Waals surface area contributed by atoms with Crippen LogP contribution in [0.4, 0.5) is 19.0 Å². The molecule has 4 rings (SSSR count). The molecule has 0 saturated carbocycles. The van der Waals surface area contributed by atoms with Crippen LogP contribution in [0.15, 0.2) is 97.1 Å². The second-order valence-corrected chi connectivity index (χ2v) is 9.36. The van der Waals surface area contributed by atoms with Gasteiger partial charge in [-0.1, -0.05) is 80.6 Å². The van der Waals surface area contributed by atoms with Crippen LogP contribution in [0.25, 0.3) is 16.9 Å². The van der Waals surface area contributed by atoms with Gasteiger partial charge in [0.1, 0.15) is 22.8 Å². The van der Waals surface area contributed by atoms with Crippen LogP contribution in [0.5, 0.6) is 5.75 Å². The van der Waals surface area contributed by atoms with Gasteiger partial charge in [0.2, 0.25) is 0 Å². The Kier molecular flexibility index (Phi) is 13.2. The van der Waals surface area contributed by atoms with E-state index in [4.69, 9.17) is 16.2 Å². The first-order valence-corrected chi connectivity index (χ1v) is 14.0. The number of benzene rings is 3. The summed E-state index contributed by atoms with van der Waals surface area (Å²) in [6, 6.07) is 17.9. The second kappa shape index (κ2) is 16.5. The number of alkyl halides is 3. The van der Waals surface area contributed by atoms with Crippen LogP contribution in [-0.2, 0) is 12.7 Å². The highest BCUT2D eigenvalue weighted by atomic mass is 19.4. The zero-order chi connectivity index (χ0) is 33.7. The summed E-state index contributed by atoms with van der Waals surface area (Å²) in [5, 5.41) is 7.10. The van der Waals surface area contributed by atoms with Gasteiger partial charge >= 0.3 is 6.18 Å². The van der Waals surface area contributed by atoms with Crippen LogP contribution in [0.1, 0.15) is 59.5 Å². The standard InChI is InChI=1S/C26H22F3N5O3.C6H10.C2H6/c1-37-20-8-3-2-7-19(20)25(36)32-14-15-9-11-16(12-10-15)22-21(24(31)35)23(30)34(33-22)18-6-4-5-17(13-18)26(27,28)29;1-4-5-6(2)3;1-2/h2-13H,14,30H2,1H3,(H2,31,35)(H,32,36);4-5H,2H2,1,3H3;1-2H3/b;5-4-;. The second-order valence-electron chi connectivity index (χ2n) is 9.36. The molecule has 45 heavy (non-hydrogen) atoms. The van der Waals surface area contributed by atoms with E-state index in [0.717, 1.165) is 28.0 Å². The summed E-state index contributed by atoms with van der Waals surface area (Å²) in [7, 11) is 1.48. The Bertz CT molecular complexity index is 1640. The highest BCUT2D eigenvalue weighted by Gasteiger charge is 2.31. The van der Waals surface area contributed by atoms with E-state index in [1.54, 1.807) is 48.5 Å². The van der Waals surface area contributed by atoms with Crippen LogP contribution < -0.4 is 21.5 Å². The van der Waals surface area contributed by atoms with Gasteiger partial charge in [0.05, 0.1) is 23.9 Å². The molecule has 1 heterocycles. The molecule has 0 atom stereocenters. The number of hydrogen-bond acceptors (Lipinski definition) is 5. The van der Waals surface area contributed by atoms with E-state index < -0.39 is 17.6 Å². The highest BCUT2D eigenvalue weighted by Crippen LogP contribution is 2.33. The van der Waals surface area contributed by atoms with Crippen molar-refractivity contribution in [2.75, 3.05) is 12.8 Å². The quantitative estimate of drug-likeness (QED) is 0.178. The van der Waals surface area contributed by atoms with E-state index in [1.807, 2.05) is 39.8 Å². The van der Waals surface area contributed by atoms with Crippen molar-refractivity contribution < 1.29 is 27.5 Å². The Balaban J connectivity index is 0.000000790. The van der Waals surface area contributed by atoms with E-state index in [1.165, 1.54) is 19.2 Å². The third kappa shape index (κ3) is 9.59. The Labute approximate surface area is 261 Å². The predicted octanol–water partition coefficient (Wildman–Crippen LogP) is 7.34. The van der Waals surface area contributed by atoms with Crippen molar-refractivity contribution in [3.8, 4) is 22.7 Å². The van der Waals surface area contributed by atoms with Gasteiger partial charge in [-0.25, -0.2) is 4.68 Å². The molecular weight excluding hydrogens is 583 g/mol. The fourth-order valence-corrected chi connectivity index (χ4v) is 4.06. The molecule has 0 aliphatic carbocycles. The lowest BCUT2D eigenvalue weighted by Crippen LogP contribution is -2.23. The number of anilines is 1. The number of primary amides is 1. The maximum Gasteiger partial charge on any atom is 0.416 e. The summed E-state index contributed by atoms with van der Waals surface area (Å²) in [5.41, 5.74) is 13.5. The Morgan fingerprint density at radius 1 is 1.04 bits per heavy atom. The van der Waals surface area contributed by atoms with Gasteiger partial charge in [-0.3, -0.25) is 9.59 Å². The predicted molar refractivity (Wildman–Crippen MR) is 172 cm³/mol. The number of carbonyl (C=O) groups excluding carboxylic acids is 2. The van der Waals surface area contributed by atoms with E-state index in [2.05, 4.69) is 17.0 Å². The van der Waals surface area contributed by atoms with Gasteiger partial charge in [-0.15, -0.1) is 0 Å². The van der Waals surface area contributed by atoms with Gasteiger partial charge in [0.25, 0.3) is 11.8 Å². The maximum atomic E-state index is 13.2. The van der Waals surface area contributed by atoms with E-state index >= 15 is 0 Å². The molecular formula is C34H38F3N5O3. The first-order valence-electron chi connectivity index (χ1n) is 14.0. The van der Waals surface area contributed by atoms with Gasteiger partial charge in [0, 0.05) is 12.1 Å². The number of halogens is 3. The number of aromatic nitrogens is 2. The molecule has 238 valence electrons. The number of para-hydroxylation sites is 1. The molecule has 0 bridgehead atoms. The summed E-state index contributed by atoms with van der Waals surface area (Å²) in [6.45, 7) is 11.8. The molecule has 0 aliphatic rings. The zero-order valence-corrected chi connectivity index (χ0v) is 25.9. The Morgan fingerprint density at radius 3 is 2.22 bits per heavy atom. The first kappa shape index (κ1) is 35.9. The Hall–Kier alpha value is -5.32. The van der Waals surface area contributed by atoms with Crippen molar-refractivity contribution in [1.82, 2.24) is 15.1 Å². The molecule has 0 unspecified atom stereocenters. The fourth-order valence-electron chi connectivity index (χ4n) is 4.06. The summed E-state index contributed by atoms with van der Waals surface area (Å²) < 4.78 is 45.8. The van der Waals surface area contributed by atoms with Gasteiger partial charge < -0.3 is 21.5 Å². The van der Waals surface area contributed by atoms with Crippen molar-refractivity contribution >= 4 is 17.6 Å². The number of nitrogen functional groups attached to an aromatic ring is 1. The third-order valence-corrected chi connectivity index (χ3v) is 6.07. The first-order chi connectivity index (χ1) is 21.4. The van der Waals surface area contributed by atoms with Gasteiger partial charge in [-0.05, 0) is 49.7 Å². The molecule has 1 aromatic heterocycles. The van der Waals surface area contributed by atoms with Gasteiger partial charge in [0.15, 0.2) is 0 Å². The van der Waals surface area contributed by atoms with Crippen molar-refractivity contribution in [3.05, 3.63) is 119 Å². The lowest BCUT2D eigenvalue weighted by molar-refractivity contribution is -0.137. The molecule has 0 spiro atoms. The number of nitrogens with one attached hydrogen (secondary N) is 1. The average Bonchev–Trinajstić information content (AvgIpc) is 3.38. The number of allylic oxidation sites excluding steroid dienone is 3. The van der Waals surface area contributed by atoms with Crippen LogP contribution in [0.2, 0.25) is 0 Å². The molecule has 2 amide bonds. The summed E-state index contributed by atoms with van der Waals surface area (Å²) in [5.74, 6) is -0.928. The van der Waals surface area contributed by atoms with Crippen molar-refractivity contribution in [2.24, 2.45) is 5.73 Å². The van der Waals surface area contributed by atoms with E-state index in [-0.39, 0.29) is 35.2 Å². The largest absolute Gasteiger partial charge is 0.496 e. The average molecular weight is 622 g/mol. The number of ether oxygens (including phenoxy) is 1. The number of nitrogens with two attached hydrogens (primary N) is 2. The molecule has 0 aliphatic heterocycles. The molecule has 0 radical (unpaired) electrons. The van der Waals surface area contributed by atoms with Crippen molar-refractivity contribution in [2.45, 2.75) is 40.4 Å². The van der Waals surface area contributed by atoms with E-state index in [0.29, 0.717) is 16.9 Å². The van der Waals surface area contributed by atoms with Gasteiger partial charge in [-0.2, -0.15) is 18.3 Å². The van der Waals surface area contributed by atoms with Crippen molar-refractivity contribution in [3.63, 3.8) is 0 Å². The molecule has 0 saturated heterocycles. The molecule has 5 N–H and O–H groups in total. The van der Waals surface area contributed by atoms with Crippen LogP contribution in [-0.4, -0.2) is 28.7 Å². The normalized spacial score (nSPS) is 10.7. The summed E-state index contributed by atoms with van der Waals surface area (Å²) in [6.07, 6.45) is -0.619. The minimum Gasteiger partial charge on any atom is -0.496 e. The number of nitrogens with zero attached hydrogens (tertiary/aromatic N) is 2. The smallest absolute Gasteiger partial charge is 0.416 e. The van der Waals surface area contributed by atoms with E-state index in [9.17, 15) is 22.8 Å². The number of carbonyl (C=O) groups is 2. The van der Waals surface area contributed by atoms with Crippen LogP contribution in [0.3, 0.4) is 0 Å². The molecule has 3 aromatic carbocycles. The molecule has 0 fully saturated rings. The topological polar surface area (TPSA) is 125 Å². The third-order valence-electron chi connectivity index (χ3n) is 6.07. The lowest BCUT2D eigenvalue weighted by Gasteiger charge is -2.10.